The van der Waals surface area contributed by atoms with Crippen molar-refractivity contribution in [2.24, 2.45) is 0 Å². The molecule has 0 aromatic heterocycles. The summed E-state index contributed by atoms with van der Waals surface area (Å²) >= 11 is 0. The third kappa shape index (κ3) is 3.64. The van der Waals surface area contributed by atoms with E-state index in [0.717, 1.165) is 31.5 Å². The normalized spacial score (nSPS) is 14.8. The molecule has 0 saturated carbocycles. The van der Waals surface area contributed by atoms with Gasteiger partial charge < -0.3 is 19.7 Å². The van der Waals surface area contributed by atoms with Gasteiger partial charge in [0.05, 0.1) is 14.2 Å². The fraction of sp³-hybridized carbons (Fsp3) is 0.588. The Balaban J connectivity index is 2.04. The number of methoxy groups -OCH3 is 2. The van der Waals surface area contributed by atoms with Gasteiger partial charge in [-0.3, -0.25) is 0 Å². The molecule has 0 spiro atoms. The zero-order valence-electron chi connectivity index (χ0n) is 13.9. The minimum atomic E-state index is -0.186. The lowest BCUT2D eigenvalue weighted by Crippen LogP contribution is -2.43. The van der Waals surface area contributed by atoms with E-state index in [-0.39, 0.29) is 11.4 Å². The van der Waals surface area contributed by atoms with Gasteiger partial charge in [-0.05, 0) is 30.5 Å². The van der Waals surface area contributed by atoms with Crippen LogP contribution in [0.1, 0.15) is 32.3 Å². The van der Waals surface area contributed by atoms with Crippen molar-refractivity contribution in [2.45, 2.75) is 32.1 Å². The second-order valence-corrected chi connectivity index (χ2v) is 6.31. The van der Waals surface area contributed by atoms with Crippen molar-refractivity contribution in [3.63, 3.8) is 0 Å². The topological polar surface area (TPSA) is 50.8 Å². The molecule has 22 heavy (non-hydrogen) atoms. The van der Waals surface area contributed by atoms with Crippen molar-refractivity contribution in [3.05, 3.63) is 23.8 Å². The molecule has 1 saturated heterocycles. The van der Waals surface area contributed by atoms with Crippen LogP contribution in [0.5, 0.6) is 11.5 Å². The van der Waals surface area contributed by atoms with E-state index in [2.05, 4.69) is 19.2 Å². The van der Waals surface area contributed by atoms with Gasteiger partial charge in [-0.2, -0.15) is 0 Å². The van der Waals surface area contributed by atoms with Crippen molar-refractivity contribution in [2.75, 3.05) is 33.9 Å². The molecule has 2 rings (SSSR count). The Morgan fingerprint density at radius 2 is 1.82 bits per heavy atom. The lowest BCUT2D eigenvalue weighted by molar-refractivity contribution is 0.206. The van der Waals surface area contributed by atoms with E-state index in [1.54, 1.807) is 14.2 Å². The molecule has 0 aliphatic carbocycles. The maximum Gasteiger partial charge on any atom is 0.317 e. The Hall–Kier alpha value is -1.91. The molecule has 1 fully saturated rings. The highest BCUT2D eigenvalue weighted by Gasteiger charge is 2.25. The van der Waals surface area contributed by atoms with E-state index in [4.69, 9.17) is 9.47 Å². The van der Waals surface area contributed by atoms with E-state index in [1.165, 1.54) is 0 Å². The van der Waals surface area contributed by atoms with Gasteiger partial charge in [0.1, 0.15) is 0 Å². The number of amides is 2. The largest absolute Gasteiger partial charge is 0.493 e. The van der Waals surface area contributed by atoms with E-state index >= 15 is 0 Å². The summed E-state index contributed by atoms with van der Waals surface area (Å²) in [5.74, 6) is 1.42. The van der Waals surface area contributed by atoms with E-state index in [0.29, 0.717) is 18.0 Å². The third-order valence-electron chi connectivity index (χ3n) is 4.24. The maximum absolute atomic E-state index is 12.1. The van der Waals surface area contributed by atoms with Gasteiger partial charge in [-0.25, -0.2) is 4.79 Å². The Morgan fingerprint density at radius 1 is 1.18 bits per heavy atom. The van der Waals surface area contributed by atoms with Crippen molar-refractivity contribution in [3.8, 4) is 11.5 Å². The molecule has 0 radical (unpaired) electrons. The molecule has 1 heterocycles. The highest BCUT2D eigenvalue weighted by atomic mass is 16.5. The summed E-state index contributed by atoms with van der Waals surface area (Å²) in [4.78, 5) is 14.0. The number of rotatable bonds is 5. The minimum Gasteiger partial charge on any atom is -0.493 e. The quantitative estimate of drug-likeness (QED) is 0.910. The maximum atomic E-state index is 12.1. The van der Waals surface area contributed by atoms with Gasteiger partial charge in [0, 0.05) is 25.0 Å². The van der Waals surface area contributed by atoms with Crippen LogP contribution < -0.4 is 14.8 Å². The minimum absolute atomic E-state index is 0.0334. The molecule has 122 valence electrons. The SMILES string of the molecule is COc1ccc(C(C)(C)CNC(=O)N2CCCC2)cc1OC. The molecule has 5 heteroatoms. The predicted molar refractivity (Wildman–Crippen MR) is 86.8 cm³/mol. The average molecular weight is 306 g/mol. The number of nitrogens with zero attached hydrogens (tertiary/aromatic N) is 1. The number of nitrogens with one attached hydrogen (secondary N) is 1. The molecule has 0 unspecified atom stereocenters. The summed E-state index contributed by atoms with van der Waals surface area (Å²) in [6.07, 6.45) is 2.21. The van der Waals surface area contributed by atoms with Crippen LogP contribution in [0.4, 0.5) is 4.79 Å². The van der Waals surface area contributed by atoms with Crippen LogP contribution in [0.3, 0.4) is 0 Å². The first-order chi connectivity index (χ1) is 10.5. The van der Waals surface area contributed by atoms with E-state index in [9.17, 15) is 4.79 Å². The molecule has 1 aromatic rings. The Bertz CT molecular complexity index is 523. The smallest absolute Gasteiger partial charge is 0.317 e. The number of benzene rings is 1. The predicted octanol–water partition coefficient (Wildman–Crippen LogP) is 2.79. The van der Waals surface area contributed by atoms with E-state index < -0.39 is 0 Å². The number of urea groups is 1. The molecular weight excluding hydrogens is 280 g/mol. The summed E-state index contributed by atoms with van der Waals surface area (Å²) in [5, 5.41) is 3.04. The first-order valence-electron chi connectivity index (χ1n) is 7.73. The Morgan fingerprint density at radius 3 is 2.41 bits per heavy atom. The van der Waals surface area contributed by atoms with Gasteiger partial charge in [-0.15, -0.1) is 0 Å². The van der Waals surface area contributed by atoms with Crippen molar-refractivity contribution < 1.29 is 14.3 Å². The molecule has 1 N–H and O–H groups in total. The average Bonchev–Trinajstić information content (AvgIpc) is 3.06. The van der Waals surface area contributed by atoms with Crippen LogP contribution in [-0.2, 0) is 5.41 Å². The van der Waals surface area contributed by atoms with Crippen LogP contribution >= 0.6 is 0 Å². The van der Waals surface area contributed by atoms with Gasteiger partial charge >= 0.3 is 6.03 Å². The zero-order chi connectivity index (χ0) is 16.2. The monoisotopic (exact) mass is 306 g/mol. The molecule has 1 aliphatic rings. The second kappa shape index (κ2) is 6.90. The third-order valence-corrected chi connectivity index (χ3v) is 4.24. The summed E-state index contributed by atoms with van der Waals surface area (Å²) < 4.78 is 10.6. The van der Waals surface area contributed by atoms with Crippen molar-refractivity contribution >= 4 is 6.03 Å². The lowest BCUT2D eigenvalue weighted by atomic mass is 9.84. The molecule has 1 aliphatic heterocycles. The highest BCUT2D eigenvalue weighted by Crippen LogP contribution is 2.32. The number of ether oxygens (including phenoxy) is 2. The number of likely N-dealkylation sites (tertiary alicyclic amines) is 1. The Kier molecular flexibility index (Phi) is 5.16. The van der Waals surface area contributed by atoms with Crippen LogP contribution in [-0.4, -0.2) is 44.8 Å². The Labute approximate surface area is 132 Å². The van der Waals surface area contributed by atoms with Gasteiger partial charge in [0.25, 0.3) is 0 Å². The fourth-order valence-corrected chi connectivity index (χ4v) is 2.69. The molecule has 5 nitrogen and oxygen atoms in total. The van der Waals surface area contributed by atoms with Crippen molar-refractivity contribution in [1.82, 2.24) is 10.2 Å². The standard InChI is InChI=1S/C17H26N2O3/c1-17(2,12-18-16(20)19-9-5-6-10-19)13-7-8-14(21-3)15(11-13)22-4/h7-8,11H,5-6,9-10,12H2,1-4H3,(H,18,20). The van der Waals surface area contributed by atoms with E-state index in [1.807, 2.05) is 23.1 Å². The fourth-order valence-electron chi connectivity index (χ4n) is 2.69. The first-order valence-corrected chi connectivity index (χ1v) is 7.73. The number of carbonyl (C=O) groups excluding carboxylic acids is 1. The summed E-state index contributed by atoms with van der Waals surface area (Å²) in [6.45, 7) is 6.53. The molecule has 0 atom stereocenters. The van der Waals surface area contributed by atoms with Gasteiger partial charge in [0.2, 0.25) is 0 Å². The molecule has 1 aromatic carbocycles. The summed E-state index contributed by atoms with van der Waals surface area (Å²) in [6, 6.07) is 5.92. The molecular formula is C17H26N2O3. The molecule has 0 bridgehead atoms. The van der Waals surface area contributed by atoms with Crippen molar-refractivity contribution in [1.29, 1.82) is 0 Å². The lowest BCUT2D eigenvalue weighted by Gasteiger charge is -2.28. The molecule has 2 amide bonds. The summed E-state index contributed by atoms with van der Waals surface area (Å²) in [7, 11) is 3.25. The van der Waals surface area contributed by atoms with Crippen LogP contribution in [0, 0.1) is 0 Å². The van der Waals surface area contributed by atoms with Crippen LogP contribution in [0.2, 0.25) is 0 Å². The van der Waals surface area contributed by atoms with Crippen LogP contribution in [0.25, 0.3) is 0 Å². The number of hydrogen-bond acceptors (Lipinski definition) is 3. The summed E-state index contributed by atoms with van der Waals surface area (Å²) in [5.41, 5.74) is 0.918. The first kappa shape index (κ1) is 16.5. The number of carbonyl (C=O) groups is 1. The van der Waals surface area contributed by atoms with Gasteiger partial charge in [0.15, 0.2) is 11.5 Å². The second-order valence-electron chi connectivity index (χ2n) is 6.31. The zero-order valence-corrected chi connectivity index (χ0v) is 13.9. The number of hydrogen-bond donors (Lipinski definition) is 1. The highest BCUT2D eigenvalue weighted by molar-refractivity contribution is 5.74. The van der Waals surface area contributed by atoms with Crippen LogP contribution in [0.15, 0.2) is 18.2 Å². The van der Waals surface area contributed by atoms with Gasteiger partial charge in [-0.1, -0.05) is 19.9 Å².